The Kier molecular flexibility index (Phi) is 3.77. The van der Waals surface area contributed by atoms with Crippen LogP contribution in [0.1, 0.15) is 6.42 Å². The zero-order chi connectivity index (χ0) is 14.7. The van der Waals surface area contributed by atoms with Crippen molar-refractivity contribution in [2.75, 3.05) is 30.3 Å². The van der Waals surface area contributed by atoms with E-state index >= 15 is 0 Å². The van der Waals surface area contributed by atoms with Crippen molar-refractivity contribution in [1.82, 2.24) is 14.5 Å². The van der Waals surface area contributed by atoms with Crippen molar-refractivity contribution >= 4 is 17.4 Å². The lowest BCUT2D eigenvalue weighted by atomic mass is 10.2. The SMILES string of the molecule is Nc1ccc(N2CCN(CCCn3ccnc3)C2=O)cc1. The smallest absolute Gasteiger partial charge is 0.324 e. The molecule has 6 heteroatoms. The van der Waals surface area contributed by atoms with Crippen molar-refractivity contribution < 1.29 is 4.79 Å². The number of rotatable bonds is 5. The van der Waals surface area contributed by atoms with Gasteiger partial charge in [-0.1, -0.05) is 0 Å². The normalized spacial score (nSPS) is 15.0. The maximum Gasteiger partial charge on any atom is 0.324 e. The molecule has 2 aromatic rings. The molecule has 1 aromatic carbocycles. The van der Waals surface area contributed by atoms with Crippen LogP contribution in [0.25, 0.3) is 0 Å². The lowest BCUT2D eigenvalue weighted by molar-refractivity contribution is 0.219. The van der Waals surface area contributed by atoms with Gasteiger partial charge in [-0.05, 0) is 30.7 Å². The maximum absolute atomic E-state index is 12.4. The number of carbonyl (C=O) groups is 1. The Hall–Kier alpha value is -2.50. The number of aromatic nitrogens is 2. The third kappa shape index (κ3) is 2.99. The summed E-state index contributed by atoms with van der Waals surface area (Å²) in [6.45, 7) is 3.15. The molecule has 1 saturated heterocycles. The minimum absolute atomic E-state index is 0.0744. The summed E-state index contributed by atoms with van der Waals surface area (Å²) in [5.74, 6) is 0. The van der Waals surface area contributed by atoms with Crippen LogP contribution in [0.3, 0.4) is 0 Å². The number of nitrogen functional groups attached to an aromatic ring is 1. The van der Waals surface area contributed by atoms with Gasteiger partial charge < -0.3 is 15.2 Å². The number of urea groups is 1. The van der Waals surface area contributed by atoms with E-state index in [1.54, 1.807) is 17.4 Å². The number of hydrogen-bond donors (Lipinski definition) is 1. The first-order chi connectivity index (χ1) is 10.2. The van der Waals surface area contributed by atoms with Crippen LogP contribution in [0, 0.1) is 0 Å². The van der Waals surface area contributed by atoms with E-state index in [0.717, 1.165) is 38.3 Å². The van der Waals surface area contributed by atoms with Gasteiger partial charge in [0.2, 0.25) is 0 Å². The number of nitrogens with two attached hydrogens (primary N) is 1. The van der Waals surface area contributed by atoms with E-state index in [-0.39, 0.29) is 6.03 Å². The maximum atomic E-state index is 12.4. The topological polar surface area (TPSA) is 67.4 Å². The zero-order valence-corrected chi connectivity index (χ0v) is 11.9. The monoisotopic (exact) mass is 285 g/mol. The second-order valence-electron chi connectivity index (χ2n) is 5.17. The van der Waals surface area contributed by atoms with Crippen LogP contribution in [0.2, 0.25) is 0 Å². The first-order valence-electron chi connectivity index (χ1n) is 7.12. The number of benzene rings is 1. The molecule has 2 amide bonds. The number of carbonyl (C=O) groups excluding carboxylic acids is 1. The Bertz CT molecular complexity index is 593. The van der Waals surface area contributed by atoms with E-state index in [1.807, 2.05) is 39.9 Å². The van der Waals surface area contributed by atoms with Crippen LogP contribution in [-0.4, -0.2) is 40.1 Å². The fourth-order valence-electron chi connectivity index (χ4n) is 2.55. The van der Waals surface area contributed by atoms with Crippen molar-refractivity contribution in [3.05, 3.63) is 43.0 Å². The van der Waals surface area contributed by atoms with Gasteiger partial charge >= 0.3 is 6.03 Å². The molecule has 0 spiro atoms. The fraction of sp³-hybridized carbons (Fsp3) is 0.333. The van der Waals surface area contributed by atoms with Crippen LogP contribution in [0.5, 0.6) is 0 Å². The van der Waals surface area contributed by atoms with Gasteiger partial charge in [0.1, 0.15) is 0 Å². The highest BCUT2D eigenvalue weighted by Gasteiger charge is 2.28. The number of anilines is 2. The third-order valence-electron chi connectivity index (χ3n) is 3.70. The molecule has 0 saturated carbocycles. The Morgan fingerprint density at radius 2 is 1.95 bits per heavy atom. The molecule has 3 rings (SSSR count). The number of amides is 2. The van der Waals surface area contributed by atoms with Crippen molar-refractivity contribution in [3.63, 3.8) is 0 Å². The van der Waals surface area contributed by atoms with E-state index in [1.165, 1.54) is 0 Å². The second-order valence-corrected chi connectivity index (χ2v) is 5.17. The van der Waals surface area contributed by atoms with E-state index in [2.05, 4.69) is 4.98 Å². The van der Waals surface area contributed by atoms with E-state index in [4.69, 9.17) is 5.73 Å². The zero-order valence-electron chi connectivity index (χ0n) is 11.9. The van der Waals surface area contributed by atoms with Crippen molar-refractivity contribution in [1.29, 1.82) is 0 Å². The van der Waals surface area contributed by atoms with Crippen molar-refractivity contribution in [2.24, 2.45) is 0 Å². The second kappa shape index (κ2) is 5.87. The largest absolute Gasteiger partial charge is 0.399 e. The van der Waals surface area contributed by atoms with Crippen molar-refractivity contribution in [3.8, 4) is 0 Å². The van der Waals surface area contributed by atoms with E-state index in [0.29, 0.717) is 5.69 Å². The summed E-state index contributed by atoms with van der Waals surface area (Å²) in [4.78, 5) is 20.1. The molecule has 0 bridgehead atoms. The van der Waals surface area contributed by atoms with Crippen LogP contribution in [0.15, 0.2) is 43.0 Å². The van der Waals surface area contributed by atoms with Gasteiger partial charge in [0.25, 0.3) is 0 Å². The lowest BCUT2D eigenvalue weighted by Crippen LogP contribution is -2.32. The third-order valence-corrected chi connectivity index (χ3v) is 3.70. The summed E-state index contributed by atoms with van der Waals surface area (Å²) in [6, 6.07) is 7.50. The molecule has 0 atom stereocenters. The molecular weight excluding hydrogens is 266 g/mol. The summed E-state index contributed by atoms with van der Waals surface area (Å²) in [5.41, 5.74) is 7.30. The molecular formula is C15H19N5O. The van der Waals surface area contributed by atoms with Gasteiger partial charge in [-0.15, -0.1) is 0 Å². The van der Waals surface area contributed by atoms with Gasteiger partial charge in [0.15, 0.2) is 0 Å². The minimum Gasteiger partial charge on any atom is -0.399 e. The lowest BCUT2D eigenvalue weighted by Gasteiger charge is -2.18. The quantitative estimate of drug-likeness (QED) is 0.852. The molecule has 1 aromatic heterocycles. The molecule has 2 N–H and O–H groups in total. The Morgan fingerprint density at radius 1 is 1.14 bits per heavy atom. The molecule has 2 heterocycles. The number of imidazole rings is 1. The fourth-order valence-corrected chi connectivity index (χ4v) is 2.55. The Morgan fingerprint density at radius 3 is 2.67 bits per heavy atom. The average molecular weight is 285 g/mol. The molecule has 6 nitrogen and oxygen atoms in total. The first kappa shape index (κ1) is 13.5. The Balaban J connectivity index is 1.55. The molecule has 1 fully saturated rings. The summed E-state index contributed by atoms with van der Waals surface area (Å²) < 4.78 is 2.03. The molecule has 21 heavy (non-hydrogen) atoms. The molecule has 110 valence electrons. The highest BCUT2D eigenvalue weighted by Crippen LogP contribution is 2.21. The number of nitrogens with zero attached hydrogens (tertiary/aromatic N) is 4. The molecule has 1 aliphatic heterocycles. The van der Waals surface area contributed by atoms with Crippen molar-refractivity contribution in [2.45, 2.75) is 13.0 Å². The predicted molar refractivity (Wildman–Crippen MR) is 82.0 cm³/mol. The average Bonchev–Trinajstić information content (AvgIpc) is 3.11. The van der Waals surface area contributed by atoms with E-state index < -0.39 is 0 Å². The highest BCUT2D eigenvalue weighted by molar-refractivity contribution is 5.94. The van der Waals surface area contributed by atoms with Gasteiger partial charge in [0, 0.05) is 49.9 Å². The summed E-state index contributed by atoms with van der Waals surface area (Å²) in [5, 5.41) is 0. The summed E-state index contributed by atoms with van der Waals surface area (Å²) in [6.07, 6.45) is 6.43. The Labute approximate surface area is 123 Å². The molecule has 0 unspecified atom stereocenters. The summed E-state index contributed by atoms with van der Waals surface area (Å²) in [7, 11) is 0. The molecule has 0 radical (unpaired) electrons. The number of hydrogen-bond acceptors (Lipinski definition) is 3. The van der Waals surface area contributed by atoms with Crippen LogP contribution >= 0.6 is 0 Å². The van der Waals surface area contributed by atoms with Crippen LogP contribution in [-0.2, 0) is 6.54 Å². The van der Waals surface area contributed by atoms with Gasteiger partial charge in [0.05, 0.1) is 6.33 Å². The highest BCUT2D eigenvalue weighted by atomic mass is 16.2. The predicted octanol–water partition coefficient (Wildman–Crippen LogP) is 1.80. The molecule has 0 aliphatic carbocycles. The first-order valence-corrected chi connectivity index (χ1v) is 7.12. The van der Waals surface area contributed by atoms with Gasteiger partial charge in [-0.3, -0.25) is 4.90 Å². The summed E-state index contributed by atoms with van der Waals surface area (Å²) >= 11 is 0. The number of aryl methyl sites for hydroxylation is 1. The minimum atomic E-state index is 0.0744. The standard InChI is InChI=1S/C15H19N5O/c16-13-2-4-14(5-3-13)20-11-10-19(15(20)21)8-1-7-18-9-6-17-12-18/h2-6,9,12H,1,7-8,10-11,16H2. The van der Waals surface area contributed by atoms with Gasteiger partial charge in [-0.2, -0.15) is 0 Å². The van der Waals surface area contributed by atoms with Gasteiger partial charge in [-0.25, -0.2) is 9.78 Å². The van der Waals surface area contributed by atoms with Crippen LogP contribution < -0.4 is 10.6 Å². The molecule has 1 aliphatic rings. The van der Waals surface area contributed by atoms with Crippen LogP contribution in [0.4, 0.5) is 16.2 Å². The van der Waals surface area contributed by atoms with E-state index in [9.17, 15) is 4.79 Å².